The Morgan fingerprint density at radius 2 is 1.82 bits per heavy atom. The van der Waals surface area contributed by atoms with E-state index in [0.29, 0.717) is 53.4 Å². The predicted molar refractivity (Wildman–Crippen MR) is 181 cm³/mol. The lowest BCUT2D eigenvalue weighted by Gasteiger charge is -2.16. The molecule has 0 radical (unpaired) electrons. The van der Waals surface area contributed by atoms with Crippen molar-refractivity contribution in [2.75, 3.05) is 48.7 Å². The van der Waals surface area contributed by atoms with Crippen molar-refractivity contribution in [2.24, 2.45) is 0 Å². The third kappa shape index (κ3) is 9.56. The summed E-state index contributed by atoms with van der Waals surface area (Å²) in [4.78, 5) is 47.8. The molecule has 2 heterocycles. The predicted octanol–water partition coefficient (Wildman–Crippen LogP) is 7.06. The van der Waals surface area contributed by atoms with Gasteiger partial charge in [-0.15, -0.1) is 0 Å². The second-order valence-corrected chi connectivity index (χ2v) is 11.8. The Labute approximate surface area is 280 Å². The molecule has 1 aliphatic heterocycles. The Hall–Kier alpha value is -3.87. The van der Waals surface area contributed by atoms with Crippen LogP contribution in [0.5, 0.6) is 5.75 Å². The van der Waals surface area contributed by atoms with Crippen LogP contribution < -0.4 is 26.0 Å². The lowest BCUT2D eigenvalue weighted by molar-refractivity contribution is -0.123. The van der Waals surface area contributed by atoms with Gasteiger partial charge in [-0.1, -0.05) is 42.8 Å². The van der Waals surface area contributed by atoms with E-state index in [1.807, 2.05) is 31.2 Å². The zero-order chi connectivity index (χ0) is 32.3. The van der Waals surface area contributed by atoms with Gasteiger partial charge in [0.2, 0.25) is 5.95 Å². The molecule has 3 amide bonds. The highest BCUT2D eigenvalue weighted by Gasteiger charge is 2.19. The fourth-order valence-electron chi connectivity index (χ4n) is 4.36. The Morgan fingerprint density at radius 3 is 2.58 bits per heavy atom. The summed E-state index contributed by atoms with van der Waals surface area (Å²) in [5.41, 5.74) is 2.06. The molecule has 0 bridgehead atoms. The van der Waals surface area contributed by atoms with E-state index < -0.39 is 0 Å². The molecule has 11 nitrogen and oxygen atoms in total. The number of carbonyl (C=O) groups is 3. The first-order valence-electron chi connectivity index (χ1n) is 14.5. The number of allylic oxidation sites excluding steroid dienone is 1. The average Bonchev–Trinajstić information content (AvgIpc) is 3.58. The number of ketones is 1. The molecule has 0 spiro atoms. The van der Waals surface area contributed by atoms with Crippen LogP contribution in [0.4, 0.5) is 27.9 Å². The Kier molecular flexibility index (Phi) is 12.4. The van der Waals surface area contributed by atoms with E-state index in [0.717, 1.165) is 31.6 Å². The van der Waals surface area contributed by atoms with Crippen LogP contribution in [0.1, 0.15) is 43.0 Å². The monoisotopic (exact) mass is 717 g/mol. The molecule has 0 unspecified atom stereocenters. The highest BCUT2D eigenvalue weighted by molar-refractivity contribution is 9.10. The van der Waals surface area contributed by atoms with Crippen molar-refractivity contribution in [1.82, 2.24) is 20.2 Å². The fraction of sp³-hybridized carbons (Fsp3) is 0.323. The van der Waals surface area contributed by atoms with E-state index >= 15 is 0 Å². The van der Waals surface area contributed by atoms with Crippen molar-refractivity contribution in [3.63, 3.8) is 0 Å². The summed E-state index contributed by atoms with van der Waals surface area (Å²) in [6.45, 7) is 7.75. The third-order valence-electron chi connectivity index (χ3n) is 6.87. The molecule has 14 heteroatoms. The molecule has 3 aromatic rings. The lowest BCUT2D eigenvalue weighted by Crippen LogP contribution is -2.32. The summed E-state index contributed by atoms with van der Waals surface area (Å²) in [7, 11) is 0. The lowest BCUT2D eigenvalue weighted by atomic mass is 10.0. The van der Waals surface area contributed by atoms with E-state index in [-0.39, 0.29) is 45.7 Å². The van der Waals surface area contributed by atoms with Crippen LogP contribution >= 0.6 is 39.1 Å². The van der Waals surface area contributed by atoms with Crippen molar-refractivity contribution in [2.45, 2.75) is 32.6 Å². The highest BCUT2D eigenvalue weighted by atomic mass is 79.9. The molecule has 4 rings (SSSR count). The van der Waals surface area contributed by atoms with Gasteiger partial charge in [0.05, 0.1) is 9.50 Å². The molecule has 1 saturated heterocycles. The number of benzene rings is 2. The molecule has 1 aromatic heterocycles. The van der Waals surface area contributed by atoms with Gasteiger partial charge in [0.15, 0.2) is 12.4 Å². The normalized spacial score (nSPS) is 12.4. The zero-order valence-electron chi connectivity index (χ0n) is 24.7. The minimum Gasteiger partial charge on any atom is -0.482 e. The third-order valence-corrected chi connectivity index (χ3v) is 8.32. The fourth-order valence-corrected chi connectivity index (χ4v) is 5.16. The maximum Gasteiger partial charge on any atom is 0.321 e. The number of carbonyl (C=O) groups excluding carboxylic acids is 3. The molecule has 1 fully saturated rings. The molecule has 238 valence electrons. The second-order valence-electron chi connectivity index (χ2n) is 10.2. The largest absolute Gasteiger partial charge is 0.482 e. The van der Waals surface area contributed by atoms with E-state index in [1.165, 1.54) is 12.1 Å². The van der Waals surface area contributed by atoms with Crippen LogP contribution in [0.25, 0.3) is 0 Å². The number of ether oxygens (including phenoxy) is 1. The Bertz CT molecular complexity index is 1570. The van der Waals surface area contributed by atoms with Gasteiger partial charge in [0.25, 0.3) is 5.91 Å². The number of halogens is 3. The number of hydrogen-bond donors (Lipinski definition) is 4. The number of aromatic nitrogens is 2. The molecule has 0 aliphatic carbocycles. The minimum atomic E-state index is -0.338. The van der Waals surface area contributed by atoms with E-state index in [4.69, 9.17) is 27.9 Å². The zero-order valence-corrected chi connectivity index (χ0v) is 27.8. The summed E-state index contributed by atoms with van der Waals surface area (Å²) >= 11 is 16.0. The van der Waals surface area contributed by atoms with Gasteiger partial charge in [0.1, 0.15) is 16.6 Å². The van der Waals surface area contributed by atoms with Crippen LogP contribution in [-0.2, 0) is 4.79 Å². The van der Waals surface area contributed by atoms with Crippen molar-refractivity contribution in [1.29, 1.82) is 0 Å². The van der Waals surface area contributed by atoms with Gasteiger partial charge in [-0.3, -0.25) is 9.59 Å². The number of anilines is 4. The number of rotatable bonds is 14. The molecular formula is C31H34BrCl2N7O4. The summed E-state index contributed by atoms with van der Waals surface area (Å²) in [6, 6.07) is 10.3. The quantitative estimate of drug-likeness (QED) is 0.0790. The standard InChI is InChI=1S/C31H34BrCl2N7O4/c1-3-19(2)28(43)22-10-11-24(27(34)26(22)33)45-18-25(42)35-12-7-13-36-29-23(32)17-37-30(40-29)38-20-8-6-9-21(16-20)39-31(44)41-14-4-5-15-41/h6,8-11,16-17H,2-5,7,12-15,18H2,1H3,(H,35,42)(H,39,44)(H2,36,37,38,40). The Balaban J connectivity index is 1.20. The number of urea groups is 1. The second kappa shape index (κ2) is 16.4. The van der Waals surface area contributed by atoms with Gasteiger partial charge in [-0.2, -0.15) is 4.98 Å². The smallest absolute Gasteiger partial charge is 0.321 e. The molecule has 4 N–H and O–H groups in total. The molecule has 2 aromatic carbocycles. The molecule has 45 heavy (non-hydrogen) atoms. The number of hydrogen-bond acceptors (Lipinski definition) is 8. The van der Waals surface area contributed by atoms with Crippen LogP contribution in [0.2, 0.25) is 10.0 Å². The summed E-state index contributed by atoms with van der Waals surface area (Å²) < 4.78 is 6.20. The number of likely N-dealkylation sites (tertiary alicyclic amines) is 1. The van der Waals surface area contributed by atoms with Crippen LogP contribution in [0.15, 0.2) is 59.2 Å². The van der Waals surface area contributed by atoms with E-state index in [1.54, 1.807) is 11.1 Å². The number of nitrogens with zero attached hydrogens (tertiary/aromatic N) is 3. The number of amides is 3. The average molecular weight is 719 g/mol. The van der Waals surface area contributed by atoms with E-state index in [2.05, 4.69) is 53.7 Å². The summed E-state index contributed by atoms with van der Waals surface area (Å²) in [5.74, 6) is 0.537. The molecule has 1 aliphatic rings. The van der Waals surface area contributed by atoms with Gasteiger partial charge in [-0.05, 0) is 77.5 Å². The van der Waals surface area contributed by atoms with Gasteiger partial charge in [-0.25, -0.2) is 9.78 Å². The van der Waals surface area contributed by atoms with E-state index in [9.17, 15) is 14.4 Å². The topological polar surface area (TPSA) is 138 Å². The van der Waals surface area contributed by atoms with Crippen molar-refractivity contribution >= 4 is 80.0 Å². The maximum atomic E-state index is 12.4. The SMILES string of the molecule is C=C(CC)C(=O)c1ccc(OCC(=O)NCCCNc2nc(Nc3cccc(NC(=O)N4CCCC4)c3)ncc2Br)c(Cl)c1Cl. The summed E-state index contributed by atoms with van der Waals surface area (Å²) in [5, 5.41) is 12.2. The molecule has 0 atom stereocenters. The maximum absolute atomic E-state index is 12.4. The van der Waals surface area contributed by atoms with Crippen molar-refractivity contribution < 1.29 is 19.1 Å². The molecular weight excluding hydrogens is 685 g/mol. The van der Waals surface area contributed by atoms with Crippen LogP contribution in [0.3, 0.4) is 0 Å². The Morgan fingerprint density at radius 1 is 1.07 bits per heavy atom. The highest BCUT2D eigenvalue weighted by Crippen LogP contribution is 2.35. The van der Waals surface area contributed by atoms with Crippen LogP contribution in [0, 0.1) is 0 Å². The van der Waals surface area contributed by atoms with Crippen molar-refractivity contribution in [3.05, 3.63) is 74.8 Å². The van der Waals surface area contributed by atoms with Gasteiger partial charge < -0.3 is 30.9 Å². The van der Waals surface area contributed by atoms with Crippen LogP contribution in [-0.4, -0.2) is 65.4 Å². The molecule has 0 saturated carbocycles. The first kappa shape index (κ1) is 34.0. The van der Waals surface area contributed by atoms with Crippen molar-refractivity contribution in [3.8, 4) is 5.75 Å². The number of Topliss-reactive ketones (excluding diaryl/α,β-unsaturated/α-hetero) is 1. The van der Waals surface area contributed by atoms with Gasteiger partial charge in [0, 0.05) is 49.3 Å². The number of nitrogens with one attached hydrogen (secondary N) is 4. The van der Waals surface area contributed by atoms with Gasteiger partial charge >= 0.3 is 6.03 Å². The first-order chi connectivity index (χ1) is 21.7. The minimum absolute atomic E-state index is 0.0597. The first-order valence-corrected chi connectivity index (χ1v) is 16.0. The summed E-state index contributed by atoms with van der Waals surface area (Å²) in [6.07, 6.45) is 4.79.